The van der Waals surface area contributed by atoms with Crippen LogP contribution in [0.25, 0.3) is 11.0 Å². The number of carbonyl (C=O) groups is 1. The molecule has 0 atom stereocenters. The summed E-state index contributed by atoms with van der Waals surface area (Å²) in [6.45, 7) is 0.592. The van der Waals surface area contributed by atoms with E-state index in [4.69, 9.17) is 9.47 Å². The van der Waals surface area contributed by atoms with Crippen molar-refractivity contribution in [3.05, 3.63) is 58.4 Å². The van der Waals surface area contributed by atoms with E-state index in [9.17, 15) is 9.59 Å². The molecule has 0 saturated carbocycles. The van der Waals surface area contributed by atoms with E-state index in [1.807, 2.05) is 42.5 Å². The van der Waals surface area contributed by atoms with Crippen molar-refractivity contribution in [3.8, 4) is 11.5 Å². The van der Waals surface area contributed by atoms with Crippen molar-refractivity contribution in [2.75, 3.05) is 12.5 Å². The fourth-order valence-corrected chi connectivity index (χ4v) is 3.58. The fourth-order valence-electron chi connectivity index (χ4n) is 2.78. The minimum Gasteiger partial charge on any atom is -0.454 e. The van der Waals surface area contributed by atoms with Gasteiger partial charge >= 0.3 is 0 Å². The number of hydrogen-bond acceptors (Lipinski definition) is 6. The molecule has 7 nitrogen and oxygen atoms in total. The molecule has 4 rings (SSSR count). The molecule has 1 amide bonds. The standard InChI is InChI=1S/C19H17N3O4S/c1-22-14-5-3-2-4-13(14)21-18(19(22)24)27-10-17(23)20-9-12-6-7-15-16(8-12)26-11-25-15/h2-8H,9-11H2,1H3,(H,20,23). The zero-order valence-electron chi connectivity index (χ0n) is 14.6. The van der Waals surface area contributed by atoms with Gasteiger partial charge < -0.3 is 19.4 Å². The molecule has 0 fully saturated rings. The molecule has 2 aromatic carbocycles. The summed E-state index contributed by atoms with van der Waals surface area (Å²) in [4.78, 5) is 28.9. The predicted octanol–water partition coefficient (Wildman–Crippen LogP) is 2.07. The number of aromatic nitrogens is 2. The summed E-state index contributed by atoms with van der Waals surface area (Å²) in [6.07, 6.45) is 0. The highest BCUT2D eigenvalue weighted by atomic mass is 32.2. The topological polar surface area (TPSA) is 82.5 Å². The van der Waals surface area contributed by atoms with Crippen LogP contribution in [0.4, 0.5) is 0 Å². The molecule has 1 N–H and O–H groups in total. The summed E-state index contributed by atoms with van der Waals surface area (Å²) in [7, 11) is 1.70. The Morgan fingerprint density at radius 1 is 1.22 bits per heavy atom. The molecule has 0 spiro atoms. The molecular formula is C19H17N3O4S. The van der Waals surface area contributed by atoms with Crippen LogP contribution in [0.15, 0.2) is 52.3 Å². The summed E-state index contributed by atoms with van der Waals surface area (Å²) in [5, 5.41) is 3.15. The molecule has 3 aromatic rings. The van der Waals surface area contributed by atoms with Crippen molar-refractivity contribution in [2.24, 2.45) is 7.05 Å². The zero-order valence-corrected chi connectivity index (χ0v) is 15.4. The van der Waals surface area contributed by atoms with E-state index in [0.717, 1.165) is 28.4 Å². The number of aryl methyl sites for hydroxylation is 1. The van der Waals surface area contributed by atoms with E-state index in [0.29, 0.717) is 23.1 Å². The normalized spacial score (nSPS) is 12.3. The van der Waals surface area contributed by atoms with Crippen molar-refractivity contribution in [1.82, 2.24) is 14.9 Å². The Labute approximate surface area is 159 Å². The number of amides is 1. The monoisotopic (exact) mass is 383 g/mol. The summed E-state index contributed by atoms with van der Waals surface area (Å²) < 4.78 is 12.1. The highest BCUT2D eigenvalue weighted by Crippen LogP contribution is 2.32. The summed E-state index contributed by atoms with van der Waals surface area (Å²) >= 11 is 1.14. The third-order valence-corrected chi connectivity index (χ3v) is 5.17. The number of nitrogens with one attached hydrogen (secondary N) is 1. The van der Waals surface area contributed by atoms with E-state index >= 15 is 0 Å². The quantitative estimate of drug-likeness (QED) is 0.679. The van der Waals surface area contributed by atoms with Crippen molar-refractivity contribution in [1.29, 1.82) is 0 Å². The first-order chi connectivity index (χ1) is 13.1. The summed E-state index contributed by atoms with van der Waals surface area (Å²) in [6, 6.07) is 13.0. The Kier molecular flexibility index (Phi) is 4.72. The number of nitrogens with zero attached hydrogens (tertiary/aromatic N) is 2. The first-order valence-corrected chi connectivity index (χ1v) is 9.34. The summed E-state index contributed by atoms with van der Waals surface area (Å²) in [5.74, 6) is 1.33. The largest absolute Gasteiger partial charge is 0.454 e. The van der Waals surface area contributed by atoms with Crippen molar-refractivity contribution >= 4 is 28.7 Å². The van der Waals surface area contributed by atoms with E-state index in [2.05, 4.69) is 10.3 Å². The van der Waals surface area contributed by atoms with Crippen LogP contribution in [0.5, 0.6) is 11.5 Å². The van der Waals surface area contributed by atoms with Crippen molar-refractivity contribution in [3.63, 3.8) is 0 Å². The van der Waals surface area contributed by atoms with Crippen LogP contribution < -0.4 is 20.3 Å². The average molecular weight is 383 g/mol. The second-order valence-corrected chi connectivity index (χ2v) is 6.99. The smallest absolute Gasteiger partial charge is 0.283 e. The maximum Gasteiger partial charge on any atom is 0.283 e. The Bertz CT molecular complexity index is 1080. The number of ether oxygens (including phenoxy) is 2. The van der Waals surface area contributed by atoms with Crippen LogP contribution in [0.1, 0.15) is 5.56 Å². The first-order valence-electron chi connectivity index (χ1n) is 8.35. The van der Waals surface area contributed by atoms with Gasteiger partial charge in [-0.2, -0.15) is 0 Å². The van der Waals surface area contributed by atoms with Crippen LogP contribution in [0.3, 0.4) is 0 Å². The molecule has 1 aliphatic heterocycles. The van der Waals surface area contributed by atoms with Gasteiger partial charge in [0, 0.05) is 13.6 Å². The molecule has 0 radical (unpaired) electrons. The lowest BCUT2D eigenvalue weighted by molar-refractivity contribution is -0.118. The van der Waals surface area contributed by atoms with Gasteiger partial charge in [-0.1, -0.05) is 30.0 Å². The molecule has 2 heterocycles. The Morgan fingerprint density at radius 2 is 2.04 bits per heavy atom. The van der Waals surface area contributed by atoms with Crippen molar-refractivity contribution < 1.29 is 14.3 Å². The number of rotatable bonds is 5. The second-order valence-electron chi connectivity index (χ2n) is 6.02. The summed E-state index contributed by atoms with van der Waals surface area (Å²) in [5.41, 5.74) is 2.20. The molecule has 1 aromatic heterocycles. The predicted molar refractivity (Wildman–Crippen MR) is 102 cm³/mol. The maximum absolute atomic E-state index is 12.4. The van der Waals surface area contributed by atoms with Crippen molar-refractivity contribution in [2.45, 2.75) is 11.6 Å². The SMILES string of the molecule is Cn1c(=O)c(SCC(=O)NCc2ccc3c(c2)OCO3)nc2ccccc21. The lowest BCUT2D eigenvalue weighted by atomic mass is 10.2. The van der Waals surface area contributed by atoms with E-state index in [-0.39, 0.29) is 24.0 Å². The number of fused-ring (bicyclic) bond motifs is 2. The molecule has 0 aliphatic carbocycles. The zero-order chi connectivity index (χ0) is 18.8. The number of para-hydroxylation sites is 2. The Hall–Kier alpha value is -3.00. The van der Waals surface area contributed by atoms with Gasteiger partial charge in [0.15, 0.2) is 16.5 Å². The highest BCUT2D eigenvalue weighted by molar-refractivity contribution is 7.99. The first kappa shape index (κ1) is 17.4. The molecule has 0 saturated heterocycles. The van der Waals surface area contributed by atoms with Crippen LogP contribution >= 0.6 is 11.8 Å². The minimum atomic E-state index is -0.206. The lowest BCUT2D eigenvalue weighted by Crippen LogP contribution is -2.26. The van der Waals surface area contributed by atoms with Gasteiger partial charge in [0.2, 0.25) is 12.7 Å². The molecule has 1 aliphatic rings. The van der Waals surface area contributed by atoms with Gasteiger partial charge in [0.1, 0.15) is 0 Å². The molecule has 27 heavy (non-hydrogen) atoms. The molecule has 138 valence electrons. The number of carbonyl (C=O) groups excluding carboxylic acids is 1. The lowest BCUT2D eigenvalue weighted by Gasteiger charge is -2.08. The van der Waals surface area contributed by atoms with Crippen LogP contribution in [0.2, 0.25) is 0 Å². The van der Waals surface area contributed by atoms with E-state index < -0.39 is 0 Å². The van der Waals surface area contributed by atoms with E-state index in [1.54, 1.807) is 11.6 Å². The van der Waals surface area contributed by atoms with Crippen LogP contribution in [-0.4, -0.2) is 28.0 Å². The third-order valence-electron chi connectivity index (χ3n) is 4.22. The Balaban J connectivity index is 1.39. The number of benzene rings is 2. The molecule has 8 heteroatoms. The molecular weight excluding hydrogens is 366 g/mol. The number of thioether (sulfide) groups is 1. The molecule has 0 bridgehead atoms. The number of hydrogen-bond donors (Lipinski definition) is 1. The van der Waals surface area contributed by atoms with Crippen LogP contribution in [-0.2, 0) is 18.4 Å². The van der Waals surface area contributed by atoms with Crippen LogP contribution in [0, 0.1) is 0 Å². The minimum absolute atomic E-state index is 0.116. The fraction of sp³-hybridized carbons (Fsp3) is 0.211. The Morgan fingerprint density at radius 3 is 2.93 bits per heavy atom. The van der Waals surface area contributed by atoms with Gasteiger partial charge in [-0.3, -0.25) is 9.59 Å². The third kappa shape index (κ3) is 3.61. The van der Waals surface area contributed by atoms with Gasteiger partial charge in [-0.25, -0.2) is 4.98 Å². The van der Waals surface area contributed by atoms with Gasteiger partial charge in [0.25, 0.3) is 5.56 Å². The maximum atomic E-state index is 12.4. The molecule has 0 unspecified atom stereocenters. The average Bonchev–Trinajstić information content (AvgIpc) is 3.16. The highest BCUT2D eigenvalue weighted by Gasteiger charge is 2.14. The second kappa shape index (κ2) is 7.32. The van der Waals surface area contributed by atoms with Gasteiger partial charge in [-0.15, -0.1) is 0 Å². The van der Waals surface area contributed by atoms with Gasteiger partial charge in [-0.05, 0) is 29.8 Å². The van der Waals surface area contributed by atoms with E-state index in [1.165, 1.54) is 0 Å². The van der Waals surface area contributed by atoms with Gasteiger partial charge in [0.05, 0.1) is 16.8 Å².